The van der Waals surface area contributed by atoms with E-state index in [1.807, 2.05) is 6.07 Å². The SMILES string of the molecule is O=C(O)c1cc(-c2cc(Oc3ccccc3)nc(NS(=O)(=O)c3ccccc3)n2)cs1. The Morgan fingerprint density at radius 2 is 1.65 bits per heavy atom. The summed E-state index contributed by atoms with van der Waals surface area (Å²) >= 11 is 1.04. The Morgan fingerprint density at radius 3 is 2.29 bits per heavy atom. The summed E-state index contributed by atoms with van der Waals surface area (Å²) in [6.45, 7) is 0. The van der Waals surface area contributed by atoms with Gasteiger partial charge in [0.2, 0.25) is 11.8 Å². The lowest BCUT2D eigenvalue weighted by molar-refractivity contribution is 0.0702. The number of carboxylic acid groups (broad SMARTS) is 1. The monoisotopic (exact) mass is 453 g/mol. The minimum atomic E-state index is -3.93. The van der Waals surface area contributed by atoms with Crippen molar-refractivity contribution in [2.24, 2.45) is 0 Å². The van der Waals surface area contributed by atoms with Gasteiger partial charge >= 0.3 is 5.97 Å². The number of para-hydroxylation sites is 1. The van der Waals surface area contributed by atoms with Gasteiger partial charge in [-0.1, -0.05) is 36.4 Å². The molecule has 2 aromatic heterocycles. The molecule has 2 N–H and O–H groups in total. The third-order valence-corrected chi connectivity index (χ3v) is 6.32. The van der Waals surface area contributed by atoms with Crippen molar-refractivity contribution in [3.05, 3.63) is 83.1 Å². The van der Waals surface area contributed by atoms with E-state index in [2.05, 4.69) is 14.7 Å². The summed E-state index contributed by atoms with van der Waals surface area (Å²) in [5.41, 5.74) is 0.818. The Kier molecular flexibility index (Phi) is 5.65. The van der Waals surface area contributed by atoms with Gasteiger partial charge < -0.3 is 9.84 Å². The lowest BCUT2D eigenvalue weighted by Gasteiger charge is -2.11. The molecule has 4 rings (SSSR count). The molecule has 10 heteroatoms. The maximum atomic E-state index is 12.7. The largest absolute Gasteiger partial charge is 0.477 e. The standard InChI is InChI=1S/C21H15N3O5S2/c25-20(26)18-11-14(13-30-18)17-12-19(29-15-7-3-1-4-8-15)23-21(22-17)24-31(27,28)16-9-5-2-6-10-16/h1-13H,(H,25,26)(H,22,23,24). The van der Waals surface area contributed by atoms with E-state index in [1.54, 1.807) is 47.8 Å². The molecule has 0 aliphatic heterocycles. The normalized spacial score (nSPS) is 11.1. The maximum absolute atomic E-state index is 12.7. The fourth-order valence-corrected chi connectivity index (χ4v) is 4.35. The molecule has 31 heavy (non-hydrogen) atoms. The molecule has 0 radical (unpaired) electrons. The molecule has 0 unspecified atom stereocenters. The van der Waals surface area contributed by atoms with Crippen LogP contribution in [0.5, 0.6) is 11.6 Å². The summed E-state index contributed by atoms with van der Waals surface area (Å²) < 4.78 is 33.5. The van der Waals surface area contributed by atoms with E-state index >= 15 is 0 Å². The average molecular weight is 454 g/mol. The van der Waals surface area contributed by atoms with E-state index in [4.69, 9.17) is 4.74 Å². The van der Waals surface area contributed by atoms with Crippen LogP contribution in [0.2, 0.25) is 0 Å². The van der Waals surface area contributed by atoms with Gasteiger partial charge in [-0.25, -0.2) is 22.9 Å². The van der Waals surface area contributed by atoms with Crippen LogP contribution >= 0.6 is 11.3 Å². The van der Waals surface area contributed by atoms with Crippen molar-refractivity contribution in [3.8, 4) is 22.9 Å². The van der Waals surface area contributed by atoms with E-state index in [9.17, 15) is 18.3 Å². The van der Waals surface area contributed by atoms with E-state index in [-0.39, 0.29) is 21.6 Å². The van der Waals surface area contributed by atoms with Crippen LogP contribution < -0.4 is 9.46 Å². The van der Waals surface area contributed by atoms with Crippen LogP contribution in [0.25, 0.3) is 11.3 Å². The predicted octanol–water partition coefficient (Wildman–Crippen LogP) is 4.50. The first kappa shape index (κ1) is 20.5. The van der Waals surface area contributed by atoms with E-state index < -0.39 is 16.0 Å². The number of thiophene rings is 1. The number of nitrogens with zero attached hydrogens (tertiary/aromatic N) is 2. The molecule has 0 atom stereocenters. The van der Waals surface area contributed by atoms with Gasteiger partial charge in [0.1, 0.15) is 10.6 Å². The van der Waals surface area contributed by atoms with Crippen LogP contribution in [-0.2, 0) is 10.0 Å². The number of nitrogens with one attached hydrogen (secondary N) is 1. The zero-order valence-electron chi connectivity index (χ0n) is 15.8. The second kappa shape index (κ2) is 8.54. The van der Waals surface area contributed by atoms with Crippen molar-refractivity contribution >= 4 is 33.3 Å². The number of carboxylic acids is 1. The van der Waals surface area contributed by atoms with Gasteiger partial charge in [0.25, 0.3) is 10.0 Å². The third-order valence-electron chi connectivity index (χ3n) is 4.05. The van der Waals surface area contributed by atoms with Crippen molar-refractivity contribution in [1.82, 2.24) is 9.97 Å². The summed E-state index contributed by atoms with van der Waals surface area (Å²) in [5, 5.41) is 10.8. The zero-order valence-corrected chi connectivity index (χ0v) is 17.4. The van der Waals surface area contributed by atoms with Crippen LogP contribution in [0.3, 0.4) is 0 Å². The molecule has 0 fully saturated rings. The molecule has 0 bridgehead atoms. The van der Waals surface area contributed by atoms with Crippen molar-refractivity contribution in [3.63, 3.8) is 0 Å². The Hall–Kier alpha value is -3.76. The topological polar surface area (TPSA) is 118 Å². The van der Waals surface area contributed by atoms with Gasteiger partial charge in [-0.3, -0.25) is 0 Å². The molecule has 2 heterocycles. The van der Waals surface area contributed by atoms with Crippen LogP contribution in [0.1, 0.15) is 9.67 Å². The van der Waals surface area contributed by atoms with Crippen LogP contribution in [0, 0.1) is 0 Å². The number of aromatic carboxylic acids is 1. The second-order valence-corrected chi connectivity index (χ2v) is 8.85. The van der Waals surface area contributed by atoms with Gasteiger partial charge in [0.15, 0.2) is 0 Å². The molecule has 2 aromatic carbocycles. The van der Waals surface area contributed by atoms with E-state index in [1.165, 1.54) is 24.3 Å². The fourth-order valence-electron chi connectivity index (χ4n) is 2.64. The lowest BCUT2D eigenvalue weighted by atomic mass is 10.2. The van der Waals surface area contributed by atoms with E-state index in [0.717, 1.165) is 11.3 Å². The first-order chi connectivity index (χ1) is 14.9. The number of rotatable bonds is 7. The Balaban J connectivity index is 1.74. The maximum Gasteiger partial charge on any atom is 0.345 e. The highest BCUT2D eigenvalue weighted by molar-refractivity contribution is 7.92. The minimum absolute atomic E-state index is 0.0539. The smallest absolute Gasteiger partial charge is 0.345 e. The summed E-state index contributed by atoms with van der Waals surface area (Å²) in [6, 6.07) is 19.6. The van der Waals surface area contributed by atoms with E-state index in [0.29, 0.717) is 17.0 Å². The molecular formula is C21H15N3O5S2. The summed E-state index contributed by atoms with van der Waals surface area (Å²) in [5.74, 6) is -0.656. The quantitative estimate of drug-likeness (QED) is 0.423. The number of hydrogen-bond acceptors (Lipinski definition) is 7. The second-order valence-electron chi connectivity index (χ2n) is 6.25. The number of carbonyl (C=O) groups is 1. The third kappa shape index (κ3) is 4.87. The summed E-state index contributed by atoms with van der Waals surface area (Å²) in [6.07, 6.45) is 0. The lowest BCUT2D eigenvalue weighted by Crippen LogP contribution is -2.15. The molecule has 0 saturated heterocycles. The Morgan fingerprint density at radius 1 is 0.968 bits per heavy atom. The number of ether oxygens (including phenoxy) is 1. The van der Waals surface area contributed by atoms with Crippen molar-refractivity contribution < 1.29 is 23.1 Å². The van der Waals surface area contributed by atoms with Crippen molar-refractivity contribution in [1.29, 1.82) is 0 Å². The molecule has 156 valence electrons. The molecule has 0 amide bonds. The highest BCUT2D eigenvalue weighted by atomic mass is 32.2. The van der Waals surface area contributed by atoms with Gasteiger partial charge in [-0.2, -0.15) is 4.98 Å². The predicted molar refractivity (Wildman–Crippen MR) is 116 cm³/mol. The van der Waals surface area contributed by atoms with Gasteiger partial charge in [-0.15, -0.1) is 11.3 Å². The number of aromatic nitrogens is 2. The van der Waals surface area contributed by atoms with Crippen molar-refractivity contribution in [2.45, 2.75) is 4.90 Å². The minimum Gasteiger partial charge on any atom is -0.477 e. The van der Waals surface area contributed by atoms with Crippen molar-refractivity contribution in [2.75, 3.05) is 4.72 Å². The highest BCUT2D eigenvalue weighted by Crippen LogP contribution is 2.29. The zero-order chi connectivity index (χ0) is 21.8. The average Bonchev–Trinajstić information content (AvgIpc) is 3.25. The molecule has 0 saturated carbocycles. The molecule has 0 aliphatic carbocycles. The summed E-state index contributed by atoms with van der Waals surface area (Å²) in [7, 11) is -3.93. The van der Waals surface area contributed by atoms with Gasteiger partial charge in [0.05, 0.1) is 10.6 Å². The summed E-state index contributed by atoms with van der Waals surface area (Å²) in [4.78, 5) is 19.8. The molecule has 4 aromatic rings. The number of sulfonamides is 1. The van der Waals surface area contributed by atoms with Gasteiger partial charge in [-0.05, 0) is 30.3 Å². The Labute approximate surface area is 181 Å². The molecule has 0 spiro atoms. The number of hydrogen-bond donors (Lipinski definition) is 2. The molecule has 8 nitrogen and oxygen atoms in total. The molecular weight excluding hydrogens is 438 g/mol. The highest BCUT2D eigenvalue weighted by Gasteiger charge is 2.18. The number of benzene rings is 2. The fraction of sp³-hybridized carbons (Fsp3) is 0. The molecule has 0 aliphatic rings. The van der Waals surface area contributed by atoms with Crippen LogP contribution in [-0.4, -0.2) is 29.5 Å². The van der Waals surface area contributed by atoms with Crippen LogP contribution in [0.4, 0.5) is 5.95 Å². The van der Waals surface area contributed by atoms with Gasteiger partial charge in [0, 0.05) is 17.0 Å². The number of anilines is 1. The first-order valence-electron chi connectivity index (χ1n) is 8.93. The first-order valence-corrected chi connectivity index (χ1v) is 11.3. The Bertz CT molecular complexity index is 1320. The van der Waals surface area contributed by atoms with Crippen LogP contribution in [0.15, 0.2) is 83.1 Å².